The topological polar surface area (TPSA) is 49.3 Å². The molecule has 0 saturated carbocycles. The summed E-state index contributed by atoms with van der Waals surface area (Å²) in [5.41, 5.74) is 1.74. The van der Waals surface area contributed by atoms with Crippen molar-refractivity contribution in [3.8, 4) is 0 Å². The van der Waals surface area contributed by atoms with Crippen molar-refractivity contribution in [3.63, 3.8) is 0 Å². The molecule has 0 spiro atoms. The minimum absolute atomic E-state index is 0.0225. The zero-order chi connectivity index (χ0) is 17.5. The summed E-state index contributed by atoms with van der Waals surface area (Å²) in [6.45, 7) is 10.3. The normalized spacial score (nSPS) is 10.7. The highest BCUT2D eigenvalue weighted by Gasteiger charge is 2.17. The number of hydrogen-bond donors (Lipinski definition) is 0. The number of benzene rings is 1. The number of aromatic nitrogens is 2. The van der Waals surface area contributed by atoms with Crippen molar-refractivity contribution in [3.05, 3.63) is 53.9 Å². The molecule has 24 heavy (non-hydrogen) atoms. The van der Waals surface area contributed by atoms with Gasteiger partial charge in [-0.15, -0.1) is 0 Å². The molecule has 1 amide bonds. The van der Waals surface area contributed by atoms with Gasteiger partial charge in [-0.1, -0.05) is 30.3 Å². The van der Waals surface area contributed by atoms with Crippen molar-refractivity contribution in [2.45, 2.75) is 40.3 Å². The van der Waals surface area contributed by atoms with Gasteiger partial charge >= 0.3 is 0 Å². The Morgan fingerprint density at radius 1 is 1.04 bits per heavy atom. The van der Waals surface area contributed by atoms with Gasteiger partial charge in [-0.2, -0.15) is 0 Å². The molecule has 0 aliphatic carbocycles. The summed E-state index contributed by atoms with van der Waals surface area (Å²) in [5.74, 6) is 0.621. The van der Waals surface area contributed by atoms with Crippen LogP contribution in [-0.2, 0) is 6.54 Å². The van der Waals surface area contributed by atoms with E-state index in [4.69, 9.17) is 0 Å². The van der Waals surface area contributed by atoms with E-state index >= 15 is 0 Å². The number of nitrogens with zero attached hydrogens (tertiary/aromatic N) is 4. The molecule has 0 radical (unpaired) electrons. The first-order valence-electron chi connectivity index (χ1n) is 8.48. The molecule has 0 fully saturated rings. The van der Waals surface area contributed by atoms with Crippen LogP contribution < -0.4 is 4.90 Å². The molecule has 1 aromatic heterocycles. The zero-order valence-electron chi connectivity index (χ0n) is 14.9. The van der Waals surface area contributed by atoms with E-state index in [0.29, 0.717) is 24.6 Å². The first kappa shape index (κ1) is 17.9. The molecule has 1 aromatic carbocycles. The van der Waals surface area contributed by atoms with Gasteiger partial charge in [0.05, 0.1) is 5.56 Å². The maximum absolute atomic E-state index is 12.3. The second-order valence-corrected chi connectivity index (χ2v) is 5.96. The first-order chi connectivity index (χ1) is 11.6. The molecule has 0 bridgehead atoms. The van der Waals surface area contributed by atoms with Gasteiger partial charge in [0.2, 0.25) is 5.95 Å². The van der Waals surface area contributed by atoms with Crippen LogP contribution in [0.2, 0.25) is 0 Å². The van der Waals surface area contributed by atoms with Crippen molar-refractivity contribution in [1.29, 1.82) is 0 Å². The second kappa shape index (κ2) is 8.43. The van der Waals surface area contributed by atoms with Crippen LogP contribution in [0, 0.1) is 0 Å². The third-order valence-corrected chi connectivity index (χ3v) is 4.01. The zero-order valence-corrected chi connectivity index (χ0v) is 14.9. The molecule has 0 saturated heterocycles. The third kappa shape index (κ3) is 4.31. The van der Waals surface area contributed by atoms with Gasteiger partial charge in [-0.25, -0.2) is 9.97 Å². The van der Waals surface area contributed by atoms with Gasteiger partial charge in [-0.05, 0) is 33.3 Å². The van der Waals surface area contributed by atoms with Gasteiger partial charge in [-0.3, -0.25) is 4.79 Å². The molecule has 5 heteroatoms. The lowest BCUT2D eigenvalue weighted by Crippen LogP contribution is -2.33. The monoisotopic (exact) mass is 326 g/mol. The number of anilines is 1. The van der Waals surface area contributed by atoms with Crippen molar-refractivity contribution < 1.29 is 4.79 Å². The van der Waals surface area contributed by atoms with E-state index in [0.717, 1.165) is 6.54 Å². The molecule has 0 atom stereocenters. The van der Waals surface area contributed by atoms with Gasteiger partial charge in [0, 0.05) is 38.1 Å². The van der Waals surface area contributed by atoms with E-state index in [9.17, 15) is 4.79 Å². The summed E-state index contributed by atoms with van der Waals surface area (Å²) in [5, 5.41) is 0. The first-order valence-corrected chi connectivity index (χ1v) is 8.48. The number of carbonyl (C=O) groups excluding carboxylic acids is 1. The van der Waals surface area contributed by atoms with Crippen LogP contribution in [0.5, 0.6) is 0 Å². The lowest BCUT2D eigenvalue weighted by molar-refractivity contribution is 0.0772. The lowest BCUT2D eigenvalue weighted by atomic mass is 10.2. The average molecular weight is 326 g/mol. The van der Waals surface area contributed by atoms with Crippen LogP contribution in [0.15, 0.2) is 42.7 Å². The molecule has 2 aromatic rings. The fourth-order valence-corrected chi connectivity index (χ4v) is 2.54. The van der Waals surface area contributed by atoms with Crippen molar-refractivity contribution in [2.75, 3.05) is 18.0 Å². The molecule has 1 heterocycles. The van der Waals surface area contributed by atoms with Crippen molar-refractivity contribution >= 4 is 11.9 Å². The Kier molecular flexibility index (Phi) is 6.29. The van der Waals surface area contributed by atoms with Crippen LogP contribution >= 0.6 is 0 Å². The number of carbonyl (C=O) groups is 1. The Morgan fingerprint density at radius 2 is 1.62 bits per heavy atom. The van der Waals surface area contributed by atoms with Crippen LogP contribution in [0.1, 0.15) is 43.6 Å². The highest BCUT2D eigenvalue weighted by atomic mass is 16.2. The highest BCUT2D eigenvalue weighted by molar-refractivity contribution is 5.93. The second-order valence-electron chi connectivity index (χ2n) is 5.96. The Labute approximate surface area is 144 Å². The number of amides is 1. The predicted molar refractivity (Wildman–Crippen MR) is 97.0 cm³/mol. The largest absolute Gasteiger partial charge is 0.339 e. The van der Waals surface area contributed by atoms with E-state index in [1.807, 2.05) is 32.0 Å². The summed E-state index contributed by atoms with van der Waals surface area (Å²) in [7, 11) is 0. The van der Waals surface area contributed by atoms with Gasteiger partial charge in [0.1, 0.15) is 0 Å². The van der Waals surface area contributed by atoms with Crippen LogP contribution in [0.25, 0.3) is 0 Å². The molecular formula is C19H26N4O. The molecular weight excluding hydrogens is 300 g/mol. The van der Waals surface area contributed by atoms with Gasteiger partial charge in [0.25, 0.3) is 5.91 Å². The quantitative estimate of drug-likeness (QED) is 0.783. The SMILES string of the molecule is CCN(CC)C(=O)c1cnc(N(Cc2ccccc2)C(C)C)nc1. The van der Waals surface area contributed by atoms with E-state index in [2.05, 4.69) is 40.8 Å². The van der Waals surface area contributed by atoms with Crippen molar-refractivity contribution in [2.24, 2.45) is 0 Å². The molecule has 0 N–H and O–H groups in total. The maximum atomic E-state index is 12.3. The molecule has 128 valence electrons. The fraction of sp³-hybridized carbons (Fsp3) is 0.421. The van der Waals surface area contributed by atoms with E-state index in [1.165, 1.54) is 5.56 Å². The Morgan fingerprint density at radius 3 is 2.12 bits per heavy atom. The summed E-state index contributed by atoms with van der Waals surface area (Å²) < 4.78 is 0. The summed E-state index contributed by atoms with van der Waals surface area (Å²) in [4.78, 5) is 25.1. The number of rotatable bonds is 7. The van der Waals surface area contributed by atoms with E-state index in [-0.39, 0.29) is 11.9 Å². The summed E-state index contributed by atoms with van der Waals surface area (Å²) >= 11 is 0. The smallest absolute Gasteiger partial charge is 0.256 e. The molecule has 0 aliphatic heterocycles. The van der Waals surface area contributed by atoms with Gasteiger partial charge < -0.3 is 9.80 Å². The lowest BCUT2D eigenvalue weighted by Gasteiger charge is -2.27. The molecule has 2 rings (SSSR count). The van der Waals surface area contributed by atoms with Crippen LogP contribution in [-0.4, -0.2) is 39.9 Å². The predicted octanol–water partition coefficient (Wildman–Crippen LogP) is 3.37. The standard InChI is InChI=1S/C19H26N4O/c1-5-22(6-2)18(24)17-12-20-19(21-13-17)23(15(3)4)14-16-10-8-7-9-11-16/h7-13,15H,5-6,14H2,1-4H3. The molecule has 0 aliphatic rings. The van der Waals surface area contributed by atoms with Gasteiger partial charge in [0.15, 0.2) is 0 Å². The van der Waals surface area contributed by atoms with Crippen LogP contribution in [0.4, 0.5) is 5.95 Å². The Bertz CT molecular complexity index is 636. The van der Waals surface area contributed by atoms with Crippen LogP contribution in [0.3, 0.4) is 0 Å². The average Bonchev–Trinajstić information content (AvgIpc) is 2.61. The highest BCUT2D eigenvalue weighted by Crippen LogP contribution is 2.16. The molecule has 0 unspecified atom stereocenters. The maximum Gasteiger partial charge on any atom is 0.256 e. The Balaban J connectivity index is 2.18. The minimum Gasteiger partial charge on any atom is -0.339 e. The number of hydrogen-bond acceptors (Lipinski definition) is 4. The van der Waals surface area contributed by atoms with Crippen molar-refractivity contribution in [1.82, 2.24) is 14.9 Å². The molecule has 5 nitrogen and oxygen atoms in total. The minimum atomic E-state index is -0.0225. The summed E-state index contributed by atoms with van der Waals surface area (Å²) in [6.07, 6.45) is 3.26. The Hall–Kier alpha value is -2.43. The van der Waals surface area contributed by atoms with E-state index < -0.39 is 0 Å². The summed E-state index contributed by atoms with van der Waals surface area (Å²) in [6, 6.07) is 10.5. The fourth-order valence-electron chi connectivity index (χ4n) is 2.54. The third-order valence-electron chi connectivity index (χ3n) is 4.01. The van der Waals surface area contributed by atoms with E-state index in [1.54, 1.807) is 17.3 Å².